The summed E-state index contributed by atoms with van der Waals surface area (Å²) >= 11 is 0. The van der Waals surface area contributed by atoms with Crippen LogP contribution < -0.4 is 0 Å². The van der Waals surface area contributed by atoms with Crippen molar-refractivity contribution < 1.29 is 4.79 Å². The molecule has 5 heteroatoms. The van der Waals surface area contributed by atoms with E-state index in [4.69, 9.17) is 0 Å². The molecule has 0 saturated heterocycles. The highest BCUT2D eigenvalue weighted by Crippen LogP contribution is 2.05. The van der Waals surface area contributed by atoms with Crippen LogP contribution in [-0.2, 0) is 6.42 Å². The minimum Gasteiger partial charge on any atom is -0.298 e. The van der Waals surface area contributed by atoms with E-state index in [0.717, 1.165) is 11.8 Å². The Labute approximate surface area is 80.2 Å². The van der Waals surface area contributed by atoms with Crippen LogP contribution in [0.1, 0.15) is 21.7 Å². The lowest BCUT2D eigenvalue weighted by Crippen LogP contribution is -1.91. The van der Waals surface area contributed by atoms with Gasteiger partial charge in [0.25, 0.3) is 0 Å². The molecule has 0 saturated carbocycles. The van der Waals surface area contributed by atoms with Gasteiger partial charge in [0.15, 0.2) is 5.82 Å². The first-order valence-corrected chi connectivity index (χ1v) is 4.15. The number of nitrogens with zero attached hydrogens (tertiary/aromatic N) is 3. The molecular weight excluding hydrogens is 180 g/mol. The van der Waals surface area contributed by atoms with Crippen molar-refractivity contribution >= 4 is 6.29 Å². The van der Waals surface area contributed by atoms with E-state index in [1.54, 1.807) is 12.1 Å². The normalized spacial score (nSPS) is 10.0. The quantitative estimate of drug-likeness (QED) is 0.716. The maximum absolute atomic E-state index is 10.4. The zero-order valence-corrected chi connectivity index (χ0v) is 7.34. The minimum absolute atomic E-state index is 0.645. The number of aromatic nitrogens is 4. The number of hydrogen-bond acceptors (Lipinski definition) is 4. The van der Waals surface area contributed by atoms with Gasteiger partial charge in [-0.15, -0.1) is 5.10 Å². The van der Waals surface area contributed by atoms with E-state index in [1.165, 1.54) is 0 Å². The summed E-state index contributed by atoms with van der Waals surface area (Å²) in [5, 5.41) is 13.4. The third kappa shape index (κ3) is 1.82. The van der Waals surface area contributed by atoms with Crippen LogP contribution >= 0.6 is 0 Å². The molecule has 1 aromatic carbocycles. The molecular formula is C9H8N4O. The number of H-pyrrole nitrogens is 1. The van der Waals surface area contributed by atoms with Crippen LogP contribution in [0.25, 0.3) is 0 Å². The monoisotopic (exact) mass is 188 g/mol. The van der Waals surface area contributed by atoms with Gasteiger partial charge in [-0.3, -0.25) is 4.79 Å². The average molecular weight is 188 g/mol. The molecule has 0 radical (unpaired) electrons. The maximum Gasteiger partial charge on any atom is 0.152 e. The van der Waals surface area contributed by atoms with E-state index in [2.05, 4.69) is 20.6 Å². The third-order valence-electron chi connectivity index (χ3n) is 1.88. The predicted octanol–water partition coefficient (Wildman–Crippen LogP) is 0.603. The maximum atomic E-state index is 10.4. The Morgan fingerprint density at radius 2 is 2.07 bits per heavy atom. The lowest BCUT2D eigenvalue weighted by molar-refractivity contribution is 0.112. The van der Waals surface area contributed by atoms with Gasteiger partial charge in [-0.1, -0.05) is 24.3 Å². The molecule has 70 valence electrons. The molecule has 0 unspecified atom stereocenters. The molecule has 0 atom stereocenters. The number of rotatable bonds is 3. The van der Waals surface area contributed by atoms with Crippen molar-refractivity contribution in [3.8, 4) is 0 Å². The summed E-state index contributed by atoms with van der Waals surface area (Å²) in [7, 11) is 0. The van der Waals surface area contributed by atoms with E-state index in [9.17, 15) is 4.79 Å². The van der Waals surface area contributed by atoms with Crippen LogP contribution in [0.15, 0.2) is 24.3 Å². The zero-order valence-electron chi connectivity index (χ0n) is 7.34. The SMILES string of the molecule is O=Cc1ccc(Cc2nnn[nH]2)cc1. The number of benzene rings is 1. The van der Waals surface area contributed by atoms with Crippen LogP contribution in [0.3, 0.4) is 0 Å². The highest BCUT2D eigenvalue weighted by Gasteiger charge is 1.99. The molecule has 2 rings (SSSR count). The van der Waals surface area contributed by atoms with Gasteiger partial charge in [-0.05, 0) is 16.0 Å². The number of tetrazole rings is 1. The summed E-state index contributed by atoms with van der Waals surface area (Å²) < 4.78 is 0. The molecule has 2 aromatic rings. The molecule has 14 heavy (non-hydrogen) atoms. The lowest BCUT2D eigenvalue weighted by Gasteiger charge is -1.96. The Balaban J connectivity index is 2.14. The molecule has 0 aliphatic rings. The van der Waals surface area contributed by atoms with Crippen molar-refractivity contribution in [1.82, 2.24) is 20.6 Å². The van der Waals surface area contributed by atoms with Gasteiger partial charge >= 0.3 is 0 Å². The lowest BCUT2D eigenvalue weighted by atomic mass is 10.1. The van der Waals surface area contributed by atoms with Crippen molar-refractivity contribution in [2.75, 3.05) is 0 Å². The first kappa shape index (κ1) is 8.55. The molecule has 1 N–H and O–H groups in total. The van der Waals surface area contributed by atoms with Gasteiger partial charge in [0.2, 0.25) is 0 Å². The van der Waals surface area contributed by atoms with Gasteiger partial charge in [-0.2, -0.15) is 0 Å². The third-order valence-corrected chi connectivity index (χ3v) is 1.88. The fourth-order valence-electron chi connectivity index (χ4n) is 1.16. The van der Waals surface area contributed by atoms with Gasteiger partial charge in [-0.25, -0.2) is 5.10 Å². The molecule has 1 aromatic heterocycles. The van der Waals surface area contributed by atoms with Crippen molar-refractivity contribution in [2.45, 2.75) is 6.42 Å². The van der Waals surface area contributed by atoms with Gasteiger partial charge in [0.05, 0.1) is 0 Å². The van der Waals surface area contributed by atoms with E-state index in [-0.39, 0.29) is 0 Å². The number of aldehydes is 1. The topological polar surface area (TPSA) is 71.5 Å². The minimum atomic E-state index is 0.645. The van der Waals surface area contributed by atoms with E-state index in [0.29, 0.717) is 17.8 Å². The van der Waals surface area contributed by atoms with Crippen LogP contribution in [0.5, 0.6) is 0 Å². The largest absolute Gasteiger partial charge is 0.298 e. The molecule has 0 aliphatic heterocycles. The second kappa shape index (κ2) is 3.78. The van der Waals surface area contributed by atoms with Crippen LogP contribution in [-0.4, -0.2) is 26.9 Å². The molecule has 0 fully saturated rings. The molecule has 1 heterocycles. The Kier molecular flexibility index (Phi) is 2.31. The van der Waals surface area contributed by atoms with Crippen molar-refractivity contribution in [1.29, 1.82) is 0 Å². The second-order valence-electron chi connectivity index (χ2n) is 2.88. The Morgan fingerprint density at radius 3 is 2.64 bits per heavy atom. The van der Waals surface area contributed by atoms with Crippen LogP contribution in [0, 0.1) is 0 Å². The molecule has 0 aliphatic carbocycles. The summed E-state index contributed by atoms with van der Waals surface area (Å²) in [6.07, 6.45) is 1.46. The Bertz CT molecular complexity index is 407. The second-order valence-corrected chi connectivity index (χ2v) is 2.88. The first-order chi connectivity index (χ1) is 6.88. The molecule has 0 amide bonds. The molecule has 0 bridgehead atoms. The highest BCUT2D eigenvalue weighted by atomic mass is 16.1. The van der Waals surface area contributed by atoms with Gasteiger partial charge < -0.3 is 0 Å². The van der Waals surface area contributed by atoms with Crippen LogP contribution in [0.2, 0.25) is 0 Å². The van der Waals surface area contributed by atoms with Crippen molar-refractivity contribution in [2.24, 2.45) is 0 Å². The number of aromatic amines is 1. The summed E-state index contributed by atoms with van der Waals surface area (Å²) in [5.74, 6) is 0.712. The number of nitrogens with one attached hydrogen (secondary N) is 1. The predicted molar refractivity (Wildman–Crippen MR) is 48.8 cm³/mol. The number of carbonyl (C=O) groups excluding carboxylic acids is 1. The van der Waals surface area contributed by atoms with E-state index < -0.39 is 0 Å². The number of carbonyl (C=O) groups is 1. The summed E-state index contributed by atoms with van der Waals surface area (Å²) in [5.41, 5.74) is 1.73. The summed E-state index contributed by atoms with van der Waals surface area (Å²) in [6, 6.07) is 7.30. The van der Waals surface area contributed by atoms with Crippen molar-refractivity contribution in [3.05, 3.63) is 41.2 Å². The van der Waals surface area contributed by atoms with Crippen molar-refractivity contribution in [3.63, 3.8) is 0 Å². The fourth-order valence-corrected chi connectivity index (χ4v) is 1.16. The summed E-state index contributed by atoms with van der Waals surface area (Å²) in [4.78, 5) is 10.4. The molecule has 5 nitrogen and oxygen atoms in total. The van der Waals surface area contributed by atoms with Crippen LogP contribution in [0.4, 0.5) is 0 Å². The van der Waals surface area contributed by atoms with Gasteiger partial charge in [0, 0.05) is 12.0 Å². The highest BCUT2D eigenvalue weighted by molar-refractivity contribution is 5.74. The smallest absolute Gasteiger partial charge is 0.152 e. The zero-order chi connectivity index (χ0) is 9.80. The number of hydrogen-bond donors (Lipinski definition) is 1. The molecule has 0 spiro atoms. The first-order valence-electron chi connectivity index (χ1n) is 4.15. The fraction of sp³-hybridized carbons (Fsp3) is 0.111. The van der Waals surface area contributed by atoms with Gasteiger partial charge in [0.1, 0.15) is 6.29 Å². The average Bonchev–Trinajstić information content (AvgIpc) is 2.72. The Morgan fingerprint density at radius 1 is 1.29 bits per heavy atom. The Hall–Kier alpha value is -2.04. The van der Waals surface area contributed by atoms with E-state index >= 15 is 0 Å². The van der Waals surface area contributed by atoms with E-state index in [1.807, 2.05) is 12.1 Å². The standard InChI is InChI=1S/C9H8N4O/c14-6-8-3-1-7(2-4-8)5-9-10-12-13-11-9/h1-4,6H,5H2,(H,10,11,12,13). The summed E-state index contributed by atoms with van der Waals surface area (Å²) in [6.45, 7) is 0.